The maximum Gasteiger partial charge on any atom is 0.335 e. The van der Waals surface area contributed by atoms with E-state index in [0.717, 1.165) is 5.56 Å². The van der Waals surface area contributed by atoms with Crippen LogP contribution in [0.15, 0.2) is 48.7 Å². The molecule has 124 valence electrons. The van der Waals surface area contributed by atoms with Gasteiger partial charge in [-0.2, -0.15) is 0 Å². The monoisotopic (exact) mass is 326 g/mol. The summed E-state index contributed by atoms with van der Waals surface area (Å²) in [5.74, 6) is -1.36. The van der Waals surface area contributed by atoms with Gasteiger partial charge in [0.2, 0.25) is 0 Å². The Morgan fingerprint density at radius 2 is 2.00 bits per heavy atom. The molecule has 1 amide bonds. The normalized spacial score (nSPS) is 20.6. The summed E-state index contributed by atoms with van der Waals surface area (Å²) in [6.07, 6.45) is 1.14. The summed E-state index contributed by atoms with van der Waals surface area (Å²) in [4.78, 5) is 29.6. The van der Waals surface area contributed by atoms with Crippen molar-refractivity contribution in [1.29, 1.82) is 0 Å². The molecule has 24 heavy (non-hydrogen) atoms. The first-order valence-corrected chi connectivity index (χ1v) is 7.73. The first-order valence-electron chi connectivity index (χ1n) is 7.73. The molecular formula is C18H18N2O4. The van der Waals surface area contributed by atoms with E-state index in [0.29, 0.717) is 13.2 Å². The van der Waals surface area contributed by atoms with Gasteiger partial charge in [0.25, 0.3) is 5.91 Å². The molecule has 1 aliphatic heterocycles. The van der Waals surface area contributed by atoms with E-state index in [2.05, 4.69) is 4.98 Å². The lowest BCUT2D eigenvalue weighted by Crippen LogP contribution is -2.48. The quantitative estimate of drug-likeness (QED) is 0.937. The van der Waals surface area contributed by atoms with Crippen LogP contribution in [-0.4, -0.2) is 46.1 Å². The van der Waals surface area contributed by atoms with Gasteiger partial charge >= 0.3 is 5.97 Å². The average molecular weight is 326 g/mol. The van der Waals surface area contributed by atoms with Crippen LogP contribution in [0, 0.1) is 0 Å². The number of hydrogen-bond donors (Lipinski definition) is 1. The summed E-state index contributed by atoms with van der Waals surface area (Å²) in [5.41, 5.74) is 1.19. The third-order valence-corrected chi connectivity index (χ3v) is 4.09. The summed E-state index contributed by atoms with van der Waals surface area (Å²) >= 11 is 0. The van der Waals surface area contributed by atoms with Gasteiger partial charge in [0.1, 0.15) is 11.8 Å². The summed E-state index contributed by atoms with van der Waals surface area (Å²) in [6, 6.07) is 12.3. The molecule has 1 N–H and O–H groups in total. The van der Waals surface area contributed by atoms with Gasteiger partial charge in [-0.1, -0.05) is 30.3 Å². The number of carbonyl (C=O) groups excluding carboxylic acids is 1. The molecule has 0 aliphatic carbocycles. The number of ether oxygens (including phenoxy) is 1. The third-order valence-electron chi connectivity index (χ3n) is 4.09. The highest BCUT2D eigenvalue weighted by atomic mass is 16.5. The molecule has 2 aromatic rings. The summed E-state index contributed by atoms with van der Waals surface area (Å²) in [7, 11) is 0. The first kappa shape index (κ1) is 16.1. The van der Waals surface area contributed by atoms with Crippen LogP contribution < -0.4 is 0 Å². The van der Waals surface area contributed by atoms with Crippen LogP contribution >= 0.6 is 0 Å². The number of aromatic carboxylic acids is 1. The Hall–Kier alpha value is -2.73. The Labute approximate surface area is 139 Å². The molecule has 6 nitrogen and oxygen atoms in total. The minimum absolute atomic E-state index is 0.0499. The van der Waals surface area contributed by atoms with Crippen molar-refractivity contribution < 1.29 is 19.4 Å². The molecule has 1 aliphatic rings. The van der Waals surface area contributed by atoms with Gasteiger partial charge in [0.05, 0.1) is 24.8 Å². The van der Waals surface area contributed by atoms with E-state index in [1.54, 1.807) is 4.90 Å². The van der Waals surface area contributed by atoms with Gasteiger partial charge in [-0.25, -0.2) is 4.79 Å². The second-order valence-corrected chi connectivity index (χ2v) is 5.77. The van der Waals surface area contributed by atoms with Gasteiger partial charge in [-0.15, -0.1) is 0 Å². The summed E-state index contributed by atoms with van der Waals surface area (Å²) in [5, 5.41) is 9.07. The first-order chi connectivity index (χ1) is 11.6. The zero-order valence-corrected chi connectivity index (χ0v) is 13.3. The maximum atomic E-state index is 12.8. The number of hydrogen-bond acceptors (Lipinski definition) is 4. The molecule has 0 bridgehead atoms. The molecule has 1 aromatic heterocycles. The average Bonchev–Trinajstić information content (AvgIpc) is 2.62. The van der Waals surface area contributed by atoms with Crippen LogP contribution in [0.3, 0.4) is 0 Å². The fraction of sp³-hybridized carbons (Fsp3) is 0.278. The number of pyridine rings is 1. The van der Waals surface area contributed by atoms with Crippen molar-refractivity contribution >= 4 is 11.9 Å². The predicted molar refractivity (Wildman–Crippen MR) is 86.8 cm³/mol. The number of nitrogens with zero attached hydrogens (tertiary/aromatic N) is 2. The lowest BCUT2D eigenvalue weighted by molar-refractivity contribution is -0.0488. The number of amides is 1. The Balaban J connectivity index is 1.82. The molecule has 1 aromatic carbocycles. The fourth-order valence-corrected chi connectivity index (χ4v) is 2.74. The van der Waals surface area contributed by atoms with E-state index in [4.69, 9.17) is 9.84 Å². The summed E-state index contributed by atoms with van der Waals surface area (Å²) in [6.45, 7) is 2.73. The van der Waals surface area contributed by atoms with Gasteiger partial charge in [-0.05, 0) is 24.6 Å². The van der Waals surface area contributed by atoms with Crippen LogP contribution in [0.25, 0.3) is 0 Å². The Morgan fingerprint density at radius 1 is 1.25 bits per heavy atom. The van der Waals surface area contributed by atoms with E-state index < -0.39 is 5.97 Å². The zero-order valence-electron chi connectivity index (χ0n) is 13.3. The second-order valence-electron chi connectivity index (χ2n) is 5.77. The number of morpholine rings is 1. The molecule has 2 heterocycles. The van der Waals surface area contributed by atoms with Crippen molar-refractivity contribution in [1.82, 2.24) is 9.88 Å². The van der Waals surface area contributed by atoms with Gasteiger partial charge in [0.15, 0.2) is 0 Å². The molecule has 2 unspecified atom stereocenters. The minimum Gasteiger partial charge on any atom is -0.478 e. The highest BCUT2D eigenvalue weighted by Crippen LogP contribution is 2.25. The Bertz CT molecular complexity index is 748. The number of aromatic nitrogens is 1. The second kappa shape index (κ2) is 6.80. The third kappa shape index (κ3) is 3.28. The SMILES string of the molecule is CC1COC(c2ccccc2)CN1C(=O)c1cc(C(=O)O)ccn1. The van der Waals surface area contributed by atoms with E-state index in [1.165, 1.54) is 18.3 Å². The largest absolute Gasteiger partial charge is 0.478 e. The van der Waals surface area contributed by atoms with Crippen LogP contribution in [0.2, 0.25) is 0 Å². The van der Waals surface area contributed by atoms with Crippen molar-refractivity contribution in [3.63, 3.8) is 0 Å². The van der Waals surface area contributed by atoms with E-state index in [9.17, 15) is 9.59 Å². The summed E-state index contributed by atoms with van der Waals surface area (Å²) < 4.78 is 5.85. The van der Waals surface area contributed by atoms with E-state index in [1.807, 2.05) is 37.3 Å². The zero-order chi connectivity index (χ0) is 17.1. The van der Waals surface area contributed by atoms with Gasteiger partial charge in [-0.3, -0.25) is 9.78 Å². The van der Waals surface area contributed by atoms with E-state index in [-0.39, 0.29) is 29.3 Å². The van der Waals surface area contributed by atoms with Crippen molar-refractivity contribution in [2.75, 3.05) is 13.2 Å². The number of rotatable bonds is 3. The smallest absolute Gasteiger partial charge is 0.335 e. The van der Waals surface area contributed by atoms with Crippen molar-refractivity contribution in [3.05, 3.63) is 65.5 Å². The fourth-order valence-electron chi connectivity index (χ4n) is 2.74. The minimum atomic E-state index is -1.08. The molecule has 1 fully saturated rings. The van der Waals surface area contributed by atoms with Crippen molar-refractivity contribution in [3.8, 4) is 0 Å². The predicted octanol–water partition coefficient (Wildman–Crippen LogP) is 2.38. The van der Waals surface area contributed by atoms with Gasteiger partial charge < -0.3 is 14.7 Å². The highest BCUT2D eigenvalue weighted by Gasteiger charge is 2.31. The van der Waals surface area contributed by atoms with Gasteiger partial charge in [0, 0.05) is 6.20 Å². The molecule has 1 saturated heterocycles. The topological polar surface area (TPSA) is 79.7 Å². The highest BCUT2D eigenvalue weighted by molar-refractivity contribution is 5.96. The lowest BCUT2D eigenvalue weighted by Gasteiger charge is -2.38. The standard InChI is InChI=1S/C18H18N2O4/c1-12-11-24-16(13-5-3-2-4-6-13)10-20(12)17(21)15-9-14(18(22)23)7-8-19-15/h2-9,12,16H,10-11H2,1H3,(H,22,23). The Kier molecular flexibility index (Phi) is 4.57. The molecule has 0 radical (unpaired) electrons. The Morgan fingerprint density at radius 3 is 2.71 bits per heavy atom. The number of carboxylic acid groups (broad SMARTS) is 1. The number of carbonyl (C=O) groups is 2. The van der Waals surface area contributed by atoms with E-state index >= 15 is 0 Å². The lowest BCUT2D eigenvalue weighted by atomic mass is 10.1. The number of carboxylic acids is 1. The van der Waals surface area contributed by atoms with Crippen LogP contribution in [0.4, 0.5) is 0 Å². The van der Waals surface area contributed by atoms with Crippen molar-refractivity contribution in [2.24, 2.45) is 0 Å². The molecule has 6 heteroatoms. The number of benzene rings is 1. The molecular weight excluding hydrogens is 308 g/mol. The molecule has 0 saturated carbocycles. The van der Waals surface area contributed by atoms with Crippen LogP contribution in [0.1, 0.15) is 39.4 Å². The maximum absolute atomic E-state index is 12.8. The van der Waals surface area contributed by atoms with Crippen LogP contribution in [-0.2, 0) is 4.74 Å². The van der Waals surface area contributed by atoms with Crippen molar-refractivity contribution in [2.45, 2.75) is 19.1 Å². The molecule has 2 atom stereocenters. The molecule has 0 spiro atoms. The van der Waals surface area contributed by atoms with Crippen LogP contribution in [0.5, 0.6) is 0 Å². The molecule has 3 rings (SSSR count).